The molecule has 0 saturated carbocycles. The van der Waals surface area contributed by atoms with Gasteiger partial charge in [0, 0.05) is 19.0 Å². The van der Waals surface area contributed by atoms with E-state index < -0.39 is 10.0 Å². The lowest BCUT2D eigenvalue weighted by Gasteiger charge is -2.31. The first-order chi connectivity index (χ1) is 14.3. The van der Waals surface area contributed by atoms with Gasteiger partial charge in [0.1, 0.15) is 0 Å². The van der Waals surface area contributed by atoms with Crippen molar-refractivity contribution in [3.63, 3.8) is 0 Å². The van der Waals surface area contributed by atoms with E-state index in [0.29, 0.717) is 41.5 Å². The van der Waals surface area contributed by atoms with Crippen LogP contribution in [0.2, 0.25) is 5.02 Å². The zero-order valence-corrected chi connectivity index (χ0v) is 18.7. The van der Waals surface area contributed by atoms with Gasteiger partial charge in [0.15, 0.2) is 0 Å². The van der Waals surface area contributed by atoms with Gasteiger partial charge in [-0.1, -0.05) is 23.7 Å². The lowest BCUT2D eigenvalue weighted by molar-refractivity contribution is -0.120. The molecule has 2 aromatic rings. The molecule has 2 aliphatic rings. The lowest BCUT2D eigenvalue weighted by atomic mass is 9.92. The highest BCUT2D eigenvalue weighted by atomic mass is 35.5. The maximum atomic E-state index is 13.1. The summed E-state index contributed by atoms with van der Waals surface area (Å²) in [6, 6.07) is 11.1. The number of nitrogens with one attached hydrogen (secondary N) is 1. The van der Waals surface area contributed by atoms with Crippen LogP contribution in [0.1, 0.15) is 42.4 Å². The van der Waals surface area contributed by atoms with E-state index in [0.717, 1.165) is 30.4 Å². The van der Waals surface area contributed by atoms with Crippen LogP contribution >= 0.6 is 11.6 Å². The molecular weight excluding hydrogens is 420 g/mol. The molecule has 4 rings (SSSR count). The van der Waals surface area contributed by atoms with Gasteiger partial charge in [0.05, 0.1) is 15.6 Å². The SMILES string of the molecule is Cc1ccc(NC(=O)C2CCN(S(=O)(=O)c3ccc4c(c3)CCCC4)CC2)c(Cl)c1. The summed E-state index contributed by atoms with van der Waals surface area (Å²) in [6.07, 6.45) is 5.26. The smallest absolute Gasteiger partial charge is 0.243 e. The van der Waals surface area contributed by atoms with E-state index in [1.165, 1.54) is 16.3 Å². The molecular formula is C23H27ClN2O3S. The van der Waals surface area contributed by atoms with Crippen molar-refractivity contribution in [2.75, 3.05) is 18.4 Å². The highest BCUT2D eigenvalue weighted by Crippen LogP contribution is 2.29. The Morgan fingerprint density at radius 1 is 1.03 bits per heavy atom. The Balaban J connectivity index is 1.40. The monoisotopic (exact) mass is 446 g/mol. The number of aryl methyl sites for hydroxylation is 3. The summed E-state index contributed by atoms with van der Waals surface area (Å²) in [5.41, 5.74) is 4.05. The van der Waals surface area contributed by atoms with Crippen LogP contribution in [0.5, 0.6) is 0 Å². The molecule has 7 heteroatoms. The molecule has 30 heavy (non-hydrogen) atoms. The molecule has 0 atom stereocenters. The summed E-state index contributed by atoms with van der Waals surface area (Å²) < 4.78 is 27.8. The first-order valence-corrected chi connectivity index (χ1v) is 12.4. The van der Waals surface area contributed by atoms with Crippen molar-refractivity contribution in [3.05, 3.63) is 58.1 Å². The number of hydrogen-bond donors (Lipinski definition) is 1. The van der Waals surface area contributed by atoms with E-state index in [9.17, 15) is 13.2 Å². The Morgan fingerprint density at radius 2 is 1.73 bits per heavy atom. The van der Waals surface area contributed by atoms with Crippen molar-refractivity contribution in [1.29, 1.82) is 0 Å². The van der Waals surface area contributed by atoms with Crippen LogP contribution in [-0.4, -0.2) is 31.7 Å². The van der Waals surface area contributed by atoms with E-state index >= 15 is 0 Å². The molecule has 0 bridgehead atoms. The Hall–Kier alpha value is -1.89. The molecule has 1 saturated heterocycles. The summed E-state index contributed by atoms with van der Waals surface area (Å²) in [5.74, 6) is -0.330. The van der Waals surface area contributed by atoms with Crippen molar-refractivity contribution in [2.24, 2.45) is 5.92 Å². The Morgan fingerprint density at radius 3 is 2.43 bits per heavy atom. The van der Waals surface area contributed by atoms with Gasteiger partial charge in [-0.15, -0.1) is 0 Å². The molecule has 0 unspecified atom stereocenters. The third-order valence-electron chi connectivity index (χ3n) is 6.16. The number of carbonyl (C=O) groups is 1. The maximum absolute atomic E-state index is 13.1. The number of fused-ring (bicyclic) bond motifs is 1. The van der Waals surface area contributed by atoms with Gasteiger partial charge in [0.25, 0.3) is 0 Å². The van der Waals surface area contributed by atoms with Gasteiger partial charge in [-0.2, -0.15) is 4.31 Å². The molecule has 2 aromatic carbocycles. The lowest BCUT2D eigenvalue weighted by Crippen LogP contribution is -2.41. The Bertz CT molecular complexity index is 1060. The molecule has 0 aromatic heterocycles. The number of nitrogens with zero attached hydrogens (tertiary/aromatic N) is 1. The molecule has 1 amide bonds. The van der Waals surface area contributed by atoms with Crippen LogP contribution in [0.4, 0.5) is 5.69 Å². The fourth-order valence-corrected chi connectivity index (χ4v) is 6.14. The second-order valence-corrected chi connectivity index (χ2v) is 10.6. The van der Waals surface area contributed by atoms with Gasteiger partial charge in [0.2, 0.25) is 15.9 Å². The van der Waals surface area contributed by atoms with Crippen LogP contribution in [0.25, 0.3) is 0 Å². The van der Waals surface area contributed by atoms with E-state index in [1.54, 1.807) is 12.1 Å². The van der Waals surface area contributed by atoms with Gasteiger partial charge in [-0.25, -0.2) is 8.42 Å². The van der Waals surface area contributed by atoms with Gasteiger partial charge < -0.3 is 5.32 Å². The number of piperidine rings is 1. The number of rotatable bonds is 4. The van der Waals surface area contributed by atoms with Crippen LogP contribution in [-0.2, 0) is 27.7 Å². The van der Waals surface area contributed by atoms with Gasteiger partial charge in [-0.05, 0) is 86.4 Å². The van der Waals surface area contributed by atoms with Crippen molar-refractivity contribution in [2.45, 2.75) is 50.3 Å². The van der Waals surface area contributed by atoms with Crippen LogP contribution in [0.15, 0.2) is 41.3 Å². The average molecular weight is 447 g/mol. The Kier molecular flexibility index (Phi) is 6.19. The molecule has 0 radical (unpaired) electrons. The fourth-order valence-electron chi connectivity index (χ4n) is 4.33. The highest BCUT2D eigenvalue weighted by molar-refractivity contribution is 7.89. The van der Waals surface area contributed by atoms with Crippen LogP contribution in [0.3, 0.4) is 0 Å². The summed E-state index contributed by atoms with van der Waals surface area (Å²) in [4.78, 5) is 13.0. The minimum Gasteiger partial charge on any atom is -0.325 e. The zero-order chi connectivity index (χ0) is 21.3. The average Bonchev–Trinajstić information content (AvgIpc) is 2.75. The maximum Gasteiger partial charge on any atom is 0.243 e. The zero-order valence-electron chi connectivity index (χ0n) is 17.2. The summed E-state index contributed by atoms with van der Waals surface area (Å²) in [7, 11) is -3.53. The van der Waals surface area contributed by atoms with E-state index in [1.807, 2.05) is 31.2 Å². The molecule has 1 aliphatic heterocycles. The minimum absolute atomic E-state index is 0.105. The predicted molar refractivity (Wildman–Crippen MR) is 119 cm³/mol. The number of sulfonamides is 1. The van der Waals surface area contributed by atoms with Crippen LogP contribution < -0.4 is 5.32 Å². The number of hydrogen-bond acceptors (Lipinski definition) is 3. The molecule has 1 aliphatic carbocycles. The normalized spacial score (nSPS) is 18.1. The van der Waals surface area contributed by atoms with E-state index in [-0.39, 0.29) is 11.8 Å². The van der Waals surface area contributed by atoms with Crippen molar-refractivity contribution < 1.29 is 13.2 Å². The number of anilines is 1. The quantitative estimate of drug-likeness (QED) is 0.748. The summed E-state index contributed by atoms with van der Waals surface area (Å²) >= 11 is 6.21. The molecule has 1 heterocycles. The third-order valence-corrected chi connectivity index (χ3v) is 8.37. The van der Waals surface area contributed by atoms with Crippen molar-refractivity contribution >= 4 is 33.2 Å². The predicted octanol–water partition coefficient (Wildman–Crippen LogP) is 4.57. The summed E-state index contributed by atoms with van der Waals surface area (Å²) in [6.45, 7) is 2.63. The van der Waals surface area contributed by atoms with Gasteiger partial charge >= 0.3 is 0 Å². The topological polar surface area (TPSA) is 66.5 Å². The largest absolute Gasteiger partial charge is 0.325 e. The molecule has 0 spiro atoms. The van der Waals surface area contributed by atoms with E-state index in [4.69, 9.17) is 11.6 Å². The van der Waals surface area contributed by atoms with Crippen molar-refractivity contribution in [1.82, 2.24) is 4.31 Å². The Labute approximate surface area is 183 Å². The van der Waals surface area contributed by atoms with Crippen LogP contribution in [0, 0.1) is 12.8 Å². The third kappa shape index (κ3) is 4.41. The number of halogens is 1. The molecule has 1 N–H and O–H groups in total. The minimum atomic E-state index is -3.53. The number of carbonyl (C=O) groups excluding carboxylic acids is 1. The van der Waals surface area contributed by atoms with E-state index in [2.05, 4.69) is 5.32 Å². The number of benzene rings is 2. The standard InChI is InChI=1S/C23H27ClN2O3S/c1-16-6-9-22(21(24)14-16)25-23(27)18-10-12-26(13-11-18)30(28,29)20-8-7-17-4-2-3-5-19(17)15-20/h6-9,14-15,18H,2-5,10-13H2,1H3,(H,25,27). The molecule has 5 nitrogen and oxygen atoms in total. The second-order valence-electron chi connectivity index (χ2n) is 8.29. The van der Waals surface area contributed by atoms with Crippen molar-refractivity contribution in [3.8, 4) is 0 Å². The van der Waals surface area contributed by atoms with Gasteiger partial charge in [-0.3, -0.25) is 4.79 Å². The molecule has 1 fully saturated rings. The highest BCUT2D eigenvalue weighted by Gasteiger charge is 2.32. The summed E-state index contributed by atoms with van der Waals surface area (Å²) in [5, 5.41) is 3.40. The molecule has 160 valence electrons. The second kappa shape index (κ2) is 8.69. The first-order valence-electron chi connectivity index (χ1n) is 10.5. The first kappa shape index (κ1) is 21.3. The fraction of sp³-hybridized carbons (Fsp3) is 0.435. The number of amides is 1.